The molecule has 0 saturated heterocycles. The SMILES string of the molecule is Cc1ccc2c(c1)Oc1ccc(C)c3cccc-2c13. The second kappa shape index (κ2) is 3.61. The number of hydrogen-bond donors (Lipinski definition) is 0. The highest BCUT2D eigenvalue weighted by Gasteiger charge is 2.20. The van der Waals surface area contributed by atoms with Crippen molar-refractivity contribution in [2.45, 2.75) is 13.8 Å². The van der Waals surface area contributed by atoms with Crippen molar-refractivity contribution in [1.82, 2.24) is 0 Å². The fourth-order valence-corrected chi connectivity index (χ4v) is 2.88. The Morgan fingerprint density at radius 1 is 0.789 bits per heavy atom. The first-order valence-electron chi connectivity index (χ1n) is 6.55. The molecule has 4 rings (SSSR count). The Bertz CT molecular complexity index is 815. The van der Waals surface area contributed by atoms with E-state index in [1.165, 1.54) is 33.0 Å². The first-order chi connectivity index (χ1) is 9.24. The van der Waals surface area contributed by atoms with Gasteiger partial charge in [0.25, 0.3) is 0 Å². The third kappa shape index (κ3) is 1.42. The van der Waals surface area contributed by atoms with Gasteiger partial charge in [0.2, 0.25) is 0 Å². The van der Waals surface area contributed by atoms with Crippen molar-refractivity contribution < 1.29 is 4.74 Å². The summed E-state index contributed by atoms with van der Waals surface area (Å²) in [4.78, 5) is 0. The van der Waals surface area contributed by atoms with Crippen LogP contribution in [0.1, 0.15) is 11.1 Å². The van der Waals surface area contributed by atoms with Crippen LogP contribution in [0, 0.1) is 13.8 Å². The van der Waals surface area contributed by atoms with Gasteiger partial charge in [-0.3, -0.25) is 0 Å². The van der Waals surface area contributed by atoms with Gasteiger partial charge in [0, 0.05) is 10.9 Å². The molecule has 0 N–H and O–H groups in total. The van der Waals surface area contributed by atoms with E-state index in [0.717, 1.165) is 11.5 Å². The molecule has 0 unspecified atom stereocenters. The van der Waals surface area contributed by atoms with Crippen LogP contribution in [0.15, 0.2) is 48.5 Å². The predicted octanol–water partition coefficient (Wildman–Crippen LogP) is 5.23. The number of hydrogen-bond acceptors (Lipinski definition) is 1. The second-order valence-corrected chi connectivity index (χ2v) is 5.21. The molecule has 1 heteroatoms. The molecule has 3 aromatic rings. The third-order valence-electron chi connectivity index (χ3n) is 3.87. The van der Waals surface area contributed by atoms with E-state index < -0.39 is 0 Å². The summed E-state index contributed by atoms with van der Waals surface area (Å²) in [6, 6.07) is 17.1. The zero-order chi connectivity index (χ0) is 13.0. The zero-order valence-electron chi connectivity index (χ0n) is 11.0. The molecule has 0 saturated carbocycles. The van der Waals surface area contributed by atoms with Crippen LogP contribution in [0.25, 0.3) is 21.9 Å². The Balaban J connectivity index is 2.17. The number of aryl methyl sites for hydroxylation is 2. The largest absolute Gasteiger partial charge is 0.456 e. The zero-order valence-corrected chi connectivity index (χ0v) is 11.0. The van der Waals surface area contributed by atoms with Crippen LogP contribution in [-0.2, 0) is 0 Å². The van der Waals surface area contributed by atoms with Crippen molar-refractivity contribution in [3.8, 4) is 22.6 Å². The number of fused-ring (bicyclic) bond motifs is 2. The fourth-order valence-electron chi connectivity index (χ4n) is 2.88. The molecule has 0 atom stereocenters. The molecule has 19 heavy (non-hydrogen) atoms. The lowest BCUT2D eigenvalue weighted by Crippen LogP contribution is -1.98. The molecule has 1 aliphatic rings. The maximum atomic E-state index is 6.09. The summed E-state index contributed by atoms with van der Waals surface area (Å²) in [7, 11) is 0. The van der Waals surface area contributed by atoms with Gasteiger partial charge < -0.3 is 4.74 Å². The van der Waals surface area contributed by atoms with Gasteiger partial charge in [-0.1, -0.05) is 36.4 Å². The lowest BCUT2D eigenvalue weighted by molar-refractivity contribution is 0.486. The molecule has 3 aromatic carbocycles. The van der Waals surface area contributed by atoms with E-state index in [1.807, 2.05) is 0 Å². The average Bonchev–Trinajstić information content (AvgIpc) is 2.42. The fraction of sp³-hybridized carbons (Fsp3) is 0.111. The summed E-state index contributed by atoms with van der Waals surface area (Å²) in [5.74, 6) is 1.93. The number of benzene rings is 3. The Labute approximate surface area is 112 Å². The lowest BCUT2D eigenvalue weighted by atomic mass is 9.92. The van der Waals surface area contributed by atoms with Gasteiger partial charge >= 0.3 is 0 Å². The highest BCUT2D eigenvalue weighted by Crippen LogP contribution is 2.47. The van der Waals surface area contributed by atoms with Crippen molar-refractivity contribution in [2.75, 3.05) is 0 Å². The van der Waals surface area contributed by atoms with Crippen molar-refractivity contribution in [2.24, 2.45) is 0 Å². The van der Waals surface area contributed by atoms with Gasteiger partial charge in [-0.15, -0.1) is 0 Å². The summed E-state index contributed by atoms with van der Waals surface area (Å²) < 4.78 is 6.09. The molecule has 0 spiro atoms. The first kappa shape index (κ1) is 10.6. The van der Waals surface area contributed by atoms with E-state index in [0.29, 0.717) is 0 Å². The van der Waals surface area contributed by atoms with Crippen molar-refractivity contribution >= 4 is 10.8 Å². The molecule has 0 aliphatic carbocycles. The molecule has 0 fully saturated rings. The normalized spacial score (nSPS) is 12.1. The van der Waals surface area contributed by atoms with Gasteiger partial charge in [-0.05, 0) is 48.1 Å². The first-order valence-corrected chi connectivity index (χ1v) is 6.55. The predicted molar refractivity (Wildman–Crippen MR) is 78.9 cm³/mol. The minimum absolute atomic E-state index is 0.962. The monoisotopic (exact) mass is 246 g/mol. The second-order valence-electron chi connectivity index (χ2n) is 5.21. The van der Waals surface area contributed by atoms with E-state index in [-0.39, 0.29) is 0 Å². The molecule has 92 valence electrons. The molecule has 1 heterocycles. The van der Waals surface area contributed by atoms with Gasteiger partial charge in [0.05, 0.1) is 0 Å². The van der Waals surface area contributed by atoms with E-state index in [4.69, 9.17) is 4.74 Å². The maximum absolute atomic E-state index is 6.09. The van der Waals surface area contributed by atoms with E-state index in [2.05, 4.69) is 62.4 Å². The minimum Gasteiger partial charge on any atom is -0.456 e. The smallest absolute Gasteiger partial charge is 0.135 e. The molecule has 1 aliphatic heterocycles. The Hall–Kier alpha value is -2.28. The van der Waals surface area contributed by atoms with Crippen molar-refractivity contribution in [3.63, 3.8) is 0 Å². The molecule has 0 aromatic heterocycles. The molecular formula is C18H14O. The summed E-state index contributed by atoms with van der Waals surface area (Å²) in [5, 5.41) is 2.51. The number of rotatable bonds is 0. The van der Waals surface area contributed by atoms with Crippen LogP contribution >= 0.6 is 0 Å². The van der Waals surface area contributed by atoms with Crippen LogP contribution < -0.4 is 4.74 Å². The molecule has 0 amide bonds. The van der Waals surface area contributed by atoms with Gasteiger partial charge in [-0.2, -0.15) is 0 Å². The summed E-state index contributed by atoms with van der Waals surface area (Å²) in [6.07, 6.45) is 0. The standard InChI is InChI=1S/C18H14O/c1-11-6-8-14-15-5-3-4-13-12(2)7-9-16(18(13)15)19-17(14)10-11/h3-10H,1-2H3. The summed E-state index contributed by atoms with van der Waals surface area (Å²) in [5.41, 5.74) is 4.98. The van der Waals surface area contributed by atoms with Crippen LogP contribution in [0.2, 0.25) is 0 Å². The van der Waals surface area contributed by atoms with E-state index in [9.17, 15) is 0 Å². The highest BCUT2D eigenvalue weighted by atomic mass is 16.5. The quantitative estimate of drug-likeness (QED) is 0.413. The van der Waals surface area contributed by atoms with Crippen LogP contribution in [0.5, 0.6) is 11.5 Å². The van der Waals surface area contributed by atoms with Crippen LogP contribution in [-0.4, -0.2) is 0 Å². The highest BCUT2D eigenvalue weighted by molar-refractivity contribution is 6.05. The van der Waals surface area contributed by atoms with Crippen LogP contribution in [0.3, 0.4) is 0 Å². The topological polar surface area (TPSA) is 9.23 Å². The Kier molecular flexibility index (Phi) is 2.02. The number of ether oxygens (including phenoxy) is 1. The summed E-state index contributed by atoms with van der Waals surface area (Å²) in [6.45, 7) is 4.24. The van der Waals surface area contributed by atoms with E-state index >= 15 is 0 Å². The maximum Gasteiger partial charge on any atom is 0.135 e. The molecule has 0 bridgehead atoms. The molecular weight excluding hydrogens is 232 g/mol. The third-order valence-corrected chi connectivity index (χ3v) is 3.87. The Morgan fingerprint density at radius 3 is 2.58 bits per heavy atom. The van der Waals surface area contributed by atoms with Crippen LogP contribution in [0.4, 0.5) is 0 Å². The minimum atomic E-state index is 0.962. The molecule has 0 radical (unpaired) electrons. The van der Waals surface area contributed by atoms with Crippen molar-refractivity contribution in [3.05, 3.63) is 59.7 Å². The molecule has 1 nitrogen and oxygen atoms in total. The lowest BCUT2D eigenvalue weighted by Gasteiger charge is -2.22. The Morgan fingerprint density at radius 2 is 1.68 bits per heavy atom. The van der Waals surface area contributed by atoms with Gasteiger partial charge in [0.1, 0.15) is 11.5 Å². The van der Waals surface area contributed by atoms with Gasteiger partial charge in [0.15, 0.2) is 0 Å². The van der Waals surface area contributed by atoms with Gasteiger partial charge in [-0.25, -0.2) is 0 Å². The van der Waals surface area contributed by atoms with E-state index in [1.54, 1.807) is 0 Å². The summed E-state index contributed by atoms with van der Waals surface area (Å²) >= 11 is 0. The average molecular weight is 246 g/mol. The van der Waals surface area contributed by atoms with Crippen molar-refractivity contribution in [1.29, 1.82) is 0 Å².